The minimum Gasteiger partial charge on any atom is -0.459 e. The molecule has 0 fully saturated rings. The monoisotopic (exact) mass is 379 g/mol. The Morgan fingerprint density at radius 2 is 2.04 bits per heavy atom. The molecule has 5 nitrogen and oxygen atoms in total. The van der Waals surface area contributed by atoms with Gasteiger partial charge in [0.25, 0.3) is 0 Å². The van der Waals surface area contributed by atoms with Crippen molar-refractivity contribution in [3.05, 3.63) is 83.6 Å². The van der Waals surface area contributed by atoms with E-state index in [0.717, 1.165) is 15.8 Å². The summed E-state index contributed by atoms with van der Waals surface area (Å²) in [5.74, 6) is -0.618. The second kappa shape index (κ2) is 7.13. The number of benzene rings is 2. The van der Waals surface area contributed by atoms with Gasteiger partial charge >= 0.3 is 5.91 Å². The van der Waals surface area contributed by atoms with E-state index in [1.54, 1.807) is 24.3 Å². The number of hydrogen-bond donors (Lipinski definition) is 0. The number of thiazole rings is 1. The number of furan rings is 1. The second-order valence-electron chi connectivity index (χ2n) is 5.86. The molecular formula is C20H14FN3O2S. The highest BCUT2D eigenvalue weighted by atomic mass is 32.1. The molecule has 0 aliphatic heterocycles. The summed E-state index contributed by atoms with van der Waals surface area (Å²) in [5.41, 5.74) is 2.55. The number of nitrogens with zero attached hydrogens (tertiary/aromatic N) is 3. The van der Waals surface area contributed by atoms with Gasteiger partial charge in [0.1, 0.15) is 5.82 Å². The van der Waals surface area contributed by atoms with Crippen molar-refractivity contribution in [1.29, 1.82) is 0 Å². The molecule has 0 saturated carbocycles. The van der Waals surface area contributed by atoms with Gasteiger partial charge in [-0.3, -0.25) is 4.79 Å². The van der Waals surface area contributed by atoms with Crippen LogP contribution < -0.4 is 5.01 Å². The molecule has 0 N–H and O–H groups in total. The van der Waals surface area contributed by atoms with E-state index in [0.29, 0.717) is 10.7 Å². The Morgan fingerprint density at radius 3 is 2.78 bits per heavy atom. The fourth-order valence-corrected chi connectivity index (χ4v) is 3.50. The summed E-state index contributed by atoms with van der Waals surface area (Å²) >= 11 is 1.36. The molecular weight excluding hydrogens is 365 g/mol. The largest absolute Gasteiger partial charge is 0.459 e. The quantitative estimate of drug-likeness (QED) is 0.370. The number of hydrazone groups is 1. The van der Waals surface area contributed by atoms with Crippen LogP contribution in [0.5, 0.6) is 0 Å². The average Bonchev–Trinajstić information content (AvgIpc) is 3.32. The number of fused-ring (bicyclic) bond motifs is 1. The number of aromatic nitrogens is 1. The SMILES string of the molecule is Cc1ccc2nc(N(/N=C/c3ccc(F)cc3)C(=O)c3ccco3)sc2c1. The zero-order valence-electron chi connectivity index (χ0n) is 14.3. The fraction of sp³-hybridized carbons (Fsp3) is 0.0500. The van der Waals surface area contributed by atoms with E-state index < -0.39 is 5.91 Å². The lowest BCUT2D eigenvalue weighted by atomic mass is 10.2. The summed E-state index contributed by atoms with van der Waals surface area (Å²) in [4.78, 5) is 17.4. The van der Waals surface area contributed by atoms with Crippen LogP contribution in [0.4, 0.5) is 9.52 Å². The number of aryl methyl sites for hydroxylation is 1. The Hall–Kier alpha value is -3.32. The summed E-state index contributed by atoms with van der Waals surface area (Å²) in [6.45, 7) is 2.00. The van der Waals surface area contributed by atoms with E-state index in [1.165, 1.54) is 41.0 Å². The Labute approximate surface area is 158 Å². The number of halogens is 1. The molecule has 2 aromatic heterocycles. The summed E-state index contributed by atoms with van der Waals surface area (Å²) in [7, 11) is 0. The number of hydrogen-bond acceptors (Lipinski definition) is 5. The molecule has 0 aliphatic rings. The normalized spacial score (nSPS) is 11.3. The number of carbonyl (C=O) groups is 1. The van der Waals surface area contributed by atoms with Crippen LogP contribution in [0.25, 0.3) is 10.2 Å². The first-order valence-corrected chi connectivity index (χ1v) is 8.96. The van der Waals surface area contributed by atoms with Crippen molar-refractivity contribution in [2.24, 2.45) is 5.10 Å². The number of amides is 1. The van der Waals surface area contributed by atoms with Gasteiger partial charge in [0.2, 0.25) is 5.13 Å². The summed E-state index contributed by atoms with van der Waals surface area (Å²) < 4.78 is 19.3. The third-order valence-corrected chi connectivity index (χ3v) is 4.82. The molecule has 2 aromatic carbocycles. The number of anilines is 1. The van der Waals surface area contributed by atoms with Crippen LogP contribution in [-0.2, 0) is 0 Å². The maximum Gasteiger partial charge on any atom is 0.316 e. The van der Waals surface area contributed by atoms with Gasteiger partial charge in [-0.1, -0.05) is 29.5 Å². The van der Waals surface area contributed by atoms with E-state index >= 15 is 0 Å². The van der Waals surface area contributed by atoms with Crippen LogP contribution in [0.15, 0.2) is 70.4 Å². The molecule has 27 heavy (non-hydrogen) atoms. The predicted molar refractivity (Wildman–Crippen MR) is 104 cm³/mol. The maximum atomic E-state index is 13.1. The molecule has 0 atom stereocenters. The van der Waals surface area contributed by atoms with Gasteiger partial charge in [-0.2, -0.15) is 10.1 Å². The van der Waals surface area contributed by atoms with Gasteiger partial charge in [-0.05, 0) is 54.4 Å². The summed E-state index contributed by atoms with van der Waals surface area (Å²) in [5, 5.41) is 5.91. The number of rotatable bonds is 4. The Balaban J connectivity index is 1.74. The van der Waals surface area contributed by atoms with Crippen molar-refractivity contribution < 1.29 is 13.6 Å². The van der Waals surface area contributed by atoms with E-state index in [-0.39, 0.29) is 11.6 Å². The lowest BCUT2D eigenvalue weighted by Crippen LogP contribution is -2.25. The molecule has 7 heteroatoms. The van der Waals surface area contributed by atoms with Crippen molar-refractivity contribution in [3.63, 3.8) is 0 Å². The van der Waals surface area contributed by atoms with Gasteiger partial charge in [0.15, 0.2) is 5.76 Å². The highest BCUT2D eigenvalue weighted by Gasteiger charge is 2.23. The van der Waals surface area contributed by atoms with Crippen LogP contribution in [0.2, 0.25) is 0 Å². The van der Waals surface area contributed by atoms with Crippen molar-refractivity contribution in [2.75, 3.05) is 5.01 Å². The highest BCUT2D eigenvalue weighted by Crippen LogP contribution is 2.30. The zero-order chi connectivity index (χ0) is 18.8. The molecule has 2 heterocycles. The maximum absolute atomic E-state index is 13.1. The molecule has 0 bridgehead atoms. The first-order chi connectivity index (χ1) is 13.1. The van der Waals surface area contributed by atoms with Crippen LogP contribution >= 0.6 is 11.3 Å². The lowest BCUT2D eigenvalue weighted by Gasteiger charge is -2.11. The van der Waals surface area contributed by atoms with Gasteiger partial charge in [-0.25, -0.2) is 9.37 Å². The fourth-order valence-electron chi connectivity index (χ4n) is 2.48. The molecule has 0 unspecified atom stereocenters. The standard InChI is InChI=1S/C20H14FN3O2S/c1-13-4-9-16-18(11-13)27-20(23-16)24(19(25)17-3-2-10-26-17)22-12-14-5-7-15(21)8-6-14/h2-12H,1H3/b22-12+. The van der Waals surface area contributed by atoms with E-state index in [9.17, 15) is 9.18 Å². The van der Waals surface area contributed by atoms with Crippen LogP contribution in [-0.4, -0.2) is 17.1 Å². The molecule has 0 radical (unpaired) electrons. The van der Waals surface area contributed by atoms with Gasteiger partial charge < -0.3 is 4.42 Å². The van der Waals surface area contributed by atoms with E-state index in [2.05, 4.69) is 10.1 Å². The van der Waals surface area contributed by atoms with Crippen molar-refractivity contribution in [2.45, 2.75) is 6.92 Å². The molecule has 1 amide bonds. The topological polar surface area (TPSA) is 58.7 Å². The third kappa shape index (κ3) is 3.63. The molecule has 4 aromatic rings. The van der Waals surface area contributed by atoms with Crippen LogP contribution in [0, 0.1) is 12.7 Å². The molecule has 0 saturated heterocycles. The first-order valence-electron chi connectivity index (χ1n) is 8.15. The Kier molecular flexibility index (Phi) is 4.52. The third-order valence-electron chi connectivity index (χ3n) is 3.83. The summed E-state index contributed by atoms with van der Waals surface area (Å²) in [6.07, 6.45) is 2.91. The van der Waals surface area contributed by atoms with Crippen molar-refractivity contribution in [3.8, 4) is 0 Å². The lowest BCUT2D eigenvalue weighted by molar-refractivity contribution is 0.0961. The van der Waals surface area contributed by atoms with Crippen molar-refractivity contribution >= 4 is 38.8 Å². The highest BCUT2D eigenvalue weighted by molar-refractivity contribution is 7.22. The Morgan fingerprint density at radius 1 is 1.22 bits per heavy atom. The summed E-state index contributed by atoms with van der Waals surface area (Å²) in [6, 6.07) is 14.9. The first kappa shape index (κ1) is 17.1. The van der Waals surface area contributed by atoms with Gasteiger partial charge in [-0.15, -0.1) is 0 Å². The predicted octanol–water partition coefficient (Wildman–Crippen LogP) is 5.02. The number of carbonyl (C=O) groups excluding carboxylic acids is 1. The van der Waals surface area contributed by atoms with Gasteiger partial charge in [0.05, 0.1) is 22.7 Å². The van der Waals surface area contributed by atoms with E-state index in [4.69, 9.17) is 4.42 Å². The van der Waals surface area contributed by atoms with Crippen LogP contribution in [0.1, 0.15) is 21.7 Å². The molecule has 4 rings (SSSR count). The van der Waals surface area contributed by atoms with Crippen molar-refractivity contribution in [1.82, 2.24) is 4.98 Å². The minimum atomic E-state index is -0.436. The smallest absolute Gasteiger partial charge is 0.316 e. The molecule has 0 aliphatic carbocycles. The zero-order valence-corrected chi connectivity index (χ0v) is 15.1. The van der Waals surface area contributed by atoms with E-state index in [1.807, 2.05) is 25.1 Å². The second-order valence-corrected chi connectivity index (χ2v) is 6.87. The van der Waals surface area contributed by atoms with Crippen LogP contribution in [0.3, 0.4) is 0 Å². The minimum absolute atomic E-state index is 0.154. The molecule has 0 spiro atoms. The Bertz CT molecular complexity index is 1120. The molecule has 134 valence electrons. The van der Waals surface area contributed by atoms with Gasteiger partial charge in [0, 0.05) is 0 Å². The average molecular weight is 379 g/mol.